The molecule has 0 aliphatic carbocycles. The van der Waals surface area contributed by atoms with Crippen LogP contribution in [0.4, 0.5) is 18.9 Å². The Kier molecular flexibility index (Phi) is 4.17. The van der Waals surface area contributed by atoms with Crippen LogP contribution in [0.1, 0.15) is 19.2 Å². The van der Waals surface area contributed by atoms with E-state index in [-0.39, 0.29) is 12.4 Å². The number of nitrogens with zero attached hydrogens (tertiary/aromatic N) is 2. The standard InChI is InChI=1S/C13H16F3N3O/c1-2-5-19(8-13(14,15)16)7-12-18-10-4-3-9(17)6-11(10)20-12/h3-4,6H,2,5,7-8,17H2,1H3. The lowest BCUT2D eigenvalue weighted by Gasteiger charge is -2.21. The summed E-state index contributed by atoms with van der Waals surface area (Å²) in [5, 5.41) is 0. The average Bonchev–Trinajstić information content (AvgIpc) is 2.68. The van der Waals surface area contributed by atoms with Crippen molar-refractivity contribution in [3.63, 3.8) is 0 Å². The number of benzene rings is 1. The summed E-state index contributed by atoms with van der Waals surface area (Å²) in [4.78, 5) is 5.45. The molecule has 0 fully saturated rings. The molecular weight excluding hydrogens is 271 g/mol. The smallest absolute Gasteiger partial charge is 0.401 e. The number of anilines is 1. The molecule has 7 heteroatoms. The molecule has 1 aromatic heterocycles. The lowest BCUT2D eigenvalue weighted by molar-refractivity contribution is -0.147. The van der Waals surface area contributed by atoms with Gasteiger partial charge in [-0.15, -0.1) is 0 Å². The van der Waals surface area contributed by atoms with E-state index in [0.717, 1.165) is 0 Å². The third-order valence-corrected chi connectivity index (χ3v) is 2.76. The van der Waals surface area contributed by atoms with Crippen molar-refractivity contribution in [1.29, 1.82) is 0 Å². The molecule has 2 N–H and O–H groups in total. The fourth-order valence-corrected chi connectivity index (χ4v) is 2.03. The number of alkyl halides is 3. The van der Waals surface area contributed by atoms with Gasteiger partial charge in [-0.1, -0.05) is 6.92 Å². The van der Waals surface area contributed by atoms with Crippen molar-refractivity contribution < 1.29 is 17.6 Å². The fourth-order valence-electron chi connectivity index (χ4n) is 2.03. The van der Waals surface area contributed by atoms with Crippen LogP contribution in [0.15, 0.2) is 22.6 Å². The highest BCUT2D eigenvalue weighted by atomic mass is 19.4. The van der Waals surface area contributed by atoms with Crippen molar-refractivity contribution >= 4 is 16.8 Å². The number of hydrogen-bond donors (Lipinski definition) is 1. The van der Waals surface area contributed by atoms with Crippen molar-refractivity contribution in [2.24, 2.45) is 0 Å². The number of aromatic nitrogens is 1. The van der Waals surface area contributed by atoms with Crippen LogP contribution in [-0.2, 0) is 6.54 Å². The predicted octanol–water partition coefficient (Wildman–Crippen LogP) is 3.18. The van der Waals surface area contributed by atoms with Gasteiger partial charge in [0.05, 0.1) is 13.1 Å². The molecule has 110 valence electrons. The van der Waals surface area contributed by atoms with Crippen molar-refractivity contribution in [3.8, 4) is 0 Å². The minimum Gasteiger partial charge on any atom is -0.439 e. The second kappa shape index (κ2) is 5.70. The average molecular weight is 287 g/mol. The van der Waals surface area contributed by atoms with Crippen molar-refractivity contribution in [2.75, 3.05) is 18.8 Å². The maximum Gasteiger partial charge on any atom is 0.401 e. The molecule has 0 spiro atoms. The number of hydrogen-bond acceptors (Lipinski definition) is 4. The van der Waals surface area contributed by atoms with Crippen LogP contribution in [0.3, 0.4) is 0 Å². The predicted molar refractivity (Wildman–Crippen MR) is 70.0 cm³/mol. The Morgan fingerprint density at radius 2 is 2.10 bits per heavy atom. The van der Waals surface area contributed by atoms with Crippen LogP contribution in [-0.4, -0.2) is 29.1 Å². The summed E-state index contributed by atoms with van der Waals surface area (Å²) in [5.41, 5.74) is 7.23. The second-order valence-electron chi connectivity index (χ2n) is 4.66. The molecule has 0 aliphatic heterocycles. The first-order chi connectivity index (χ1) is 9.37. The Morgan fingerprint density at radius 1 is 1.35 bits per heavy atom. The van der Waals surface area contributed by atoms with E-state index in [1.807, 2.05) is 6.92 Å². The van der Waals surface area contributed by atoms with Gasteiger partial charge in [-0.2, -0.15) is 13.2 Å². The highest BCUT2D eigenvalue weighted by Gasteiger charge is 2.31. The molecule has 0 unspecified atom stereocenters. The molecule has 2 rings (SSSR count). The van der Waals surface area contributed by atoms with E-state index in [2.05, 4.69) is 4.98 Å². The maximum absolute atomic E-state index is 12.5. The third kappa shape index (κ3) is 3.86. The van der Waals surface area contributed by atoms with Crippen LogP contribution in [0, 0.1) is 0 Å². The van der Waals surface area contributed by atoms with E-state index in [4.69, 9.17) is 10.2 Å². The minimum atomic E-state index is -4.23. The summed E-state index contributed by atoms with van der Waals surface area (Å²) in [6.45, 7) is 1.22. The zero-order chi connectivity index (χ0) is 14.8. The van der Waals surface area contributed by atoms with Crippen molar-refractivity contribution in [3.05, 3.63) is 24.1 Å². The summed E-state index contributed by atoms with van der Waals surface area (Å²) in [6, 6.07) is 4.97. The molecule has 1 aromatic carbocycles. The first-order valence-electron chi connectivity index (χ1n) is 6.31. The highest BCUT2D eigenvalue weighted by Crippen LogP contribution is 2.21. The van der Waals surface area contributed by atoms with Crippen molar-refractivity contribution in [2.45, 2.75) is 26.1 Å². The molecule has 0 bridgehead atoms. The quantitative estimate of drug-likeness (QED) is 0.858. The molecule has 0 saturated carbocycles. The van der Waals surface area contributed by atoms with Crippen LogP contribution in [0.5, 0.6) is 0 Å². The molecule has 2 aromatic rings. The SMILES string of the molecule is CCCN(Cc1nc2ccc(N)cc2o1)CC(F)(F)F. The van der Waals surface area contributed by atoms with Gasteiger partial charge in [-0.3, -0.25) is 4.90 Å². The summed E-state index contributed by atoms with van der Waals surface area (Å²) < 4.78 is 42.9. The normalized spacial score (nSPS) is 12.4. The number of nitrogen functional groups attached to an aromatic ring is 1. The van der Waals surface area contributed by atoms with E-state index >= 15 is 0 Å². The molecule has 0 atom stereocenters. The molecular formula is C13H16F3N3O. The number of halogens is 3. The lowest BCUT2D eigenvalue weighted by Crippen LogP contribution is -2.34. The van der Waals surface area contributed by atoms with Gasteiger partial charge in [0.2, 0.25) is 5.89 Å². The van der Waals surface area contributed by atoms with Gasteiger partial charge >= 0.3 is 6.18 Å². The van der Waals surface area contributed by atoms with E-state index < -0.39 is 12.7 Å². The van der Waals surface area contributed by atoms with Gasteiger partial charge in [-0.25, -0.2) is 4.98 Å². The Labute approximate surface area is 114 Å². The first kappa shape index (κ1) is 14.6. The van der Waals surface area contributed by atoms with Crippen molar-refractivity contribution in [1.82, 2.24) is 9.88 Å². The summed E-state index contributed by atoms with van der Waals surface area (Å²) in [5.74, 6) is 0.267. The van der Waals surface area contributed by atoms with E-state index in [1.54, 1.807) is 18.2 Å². The summed E-state index contributed by atoms with van der Waals surface area (Å²) in [6.07, 6.45) is -3.60. The summed E-state index contributed by atoms with van der Waals surface area (Å²) >= 11 is 0. The van der Waals surface area contributed by atoms with Gasteiger partial charge in [0.15, 0.2) is 5.58 Å². The molecule has 0 amide bonds. The van der Waals surface area contributed by atoms with Crippen LogP contribution >= 0.6 is 0 Å². The molecule has 0 saturated heterocycles. The minimum absolute atomic E-state index is 0.0297. The van der Waals surface area contributed by atoms with Crippen LogP contribution in [0.2, 0.25) is 0 Å². The zero-order valence-corrected chi connectivity index (χ0v) is 11.1. The van der Waals surface area contributed by atoms with Crippen LogP contribution in [0.25, 0.3) is 11.1 Å². The van der Waals surface area contributed by atoms with E-state index in [0.29, 0.717) is 29.8 Å². The Morgan fingerprint density at radius 3 is 2.75 bits per heavy atom. The number of oxazole rings is 1. The second-order valence-corrected chi connectivity index (χ2v) is 4.66. The van der Waals surface area contributed by atoms with Gasteiger partial charge in [0.1, 0.15) is 5.52 Å². The molecule has 0 radical (unpaired) electrons. The van der Waals surface area contributed by atoms with Gasteiger partial charge < -0.3 is 10.2 Å². The maximum atomic E-state index is 12.5. The number of fused-ring (bicyclic) bond motifs is 1. The molecule has 20 heavy (non-hydrogen) atoms. The lowest BCUT2D eigenvalue weighted by atomic mass is 10.3. The Hall–Kier alpha value is -1.76. The first-order valence-corrected chi connectivity index (χ1v) is 6.31. The van der Waals surface area contributed by atoms with E-state index in [9.17, 15) is 13.2 Å². The largest absolute Gasteiger partial charge is 0.439 e. The van der Waals surface area contributed by atoms with Gasteiger partial charge in [0.25, 0.3) is 0 Å². The van der Waals surface area contributed by atoms with E-state index in [1.165, 1.54) is 4.90 Å². The molecule has 1 heterocycles. The van der Waals surface area contributed by atoms with Gasteiger partial charge in [0, 0.05) is 11.8 Å². The number of nitrogens with two attached hydrogens (primary N) is 1. The third-order valence-electron chi connectivity index (χ3n) is 2.76. The van der Waals surface area contributed by atoms with Crippen LogP contribution < -0.4 is 5.73 Å². The topological polar surface area (TPSA) is 55.3 Å². The fraction of sp³-hybridized carbons (Fsp3) is 0.462. The molecule has 4 nitrogen and oxygen atoms in total. The number of rotatable bonds is 5. The van der Waals surface area contributed by atoms with Gasteiger partial charge in [-0.05, 0) is 25.1 Å². The monoisotopic (exact) mass is 287 g/mol. The highest BCUT2D eigenvalue weighted by molar-refractivity contribution is 5.76. The Balaban J connectivity index is 2.15. The Bertz CT molecular complexity index is 580. The zero-order valence-electron chi connectivity index (χ0n) is 11.1. The summed E-state index contributed by atoms with van der Waals surface area (Å²) in [7, 11) is 0. The molecule has 0 aliphatic rings.